The van der Waals surface area contributed by atoms with Gasteiger partial charge in [0.25, 0.3) is 5.91 Å². The molecule has 30 heavy (non-hydrogen) atoms. The molecule has 0 saturated heterocycles. The molecule has 3 rings (SSSR count). The summed E-state index contributed by atoms with van der Waals surface area (Å²) in [6.07, 6.45) is 2.88. The highest BCUT2D eigenvalue weighted by Gasteiger charge is 2.18. The van der Waals surface area contributed by atoms with Crippen LogP contribution in [0, 0.1) is 10.5 Å². The highest BCUT2D eigenvalue weighted by atomic mass is 127. The molecule has 0 aliphatic carbocycles. The zero-order chi connectivity index (χ0) is 21.9. The van der Waals surface area contributed by atoms with Crippen molar-refractivity contribution in [3.8, 4) is 0 Å². The molecule has 8 heteroatoms. The molecule has 0 atom stereocenters. The van der Waals surface area contributed by atoms with Gasteiger partial charge in [0.15, 0.2) is 0 Å². The number of carbonyl (C=O) groups excluding carboxylic acids is 1. The Morgan fingerprint density at radius 2 is 1.93 bits per heavy atom. The molecule has 1 aromatic heterocycles. The van der Waals surface area contributed by atoms with Crippen LogP contribution in [0.4, 0.5) is 0 Å². The summed E-state index contributed by atoms with van der Waals surface area (Å²) in [5.74, 6) is -0.653. The second-order valence-electron chi connectivity index (χ2n) is 7.36. The third-order valence-corrected chi connectivity index (χ3v) is 7.37. The molecule has 0 unspecified atom stereocenters. The zero-order valence-electron chi connectivity index (χ0n) is 16.9. The van der Waals surface area contributed by atoms with Crippen LogP contribution in [0.25, 0.3) is 10.9 Å². The average Bonchev–Trinajstić information content (AvgIpc) is 2.98. The number of fused-ring (bicyclic) bond motifs is 1. The minimum atomic E-state index is -3.64. The van der Waals surface area contributed by atoms with Crippen LogP contribution < -0.4 is 4.72 Å². The van der Waals surface area contributed by atoms with Gasteiger partial charge in [-0.2, -0.15) is 0 Å². The number of unbranched alkanes of at least 4 members (excludes halogenated alkanes) is 2. The second-order valence-corrected chi connectivity index (χ2v) is 10.9. The molecule has 3 aromatic rings. The fourth-order valence-electron chi connectivity index (χ4n) is 3.40. The Kier molecular flexibility index (Phi) is 7.47. The Labute approximate surface area is 195 Å². The number of aryl methyl sites for hydroxylation is 1. The van der Waals surface area contributed by atoms with Crippen LogP contribution in [0.1, 0.15) is 53.4 Å². The van der Waals surface area contributed by atoms with E-state index >= 15 is 0 Å². The number of H-pyrrole nitrogens is 1. The van der Waals surface area contributed by atoms with Crippen molar-refractivity contribution in [2.24, 2.45) is 0 Å². The Morgan fingerprint density at radius 1 is 1.17 bits per heavy atom. The van der Waals surface area contributed by atoms with Gasteiger partial charge in [0.2, 0.25) is 10.0 Å². The van der Waals surface area contributed by atoms with E-state index in [1.54, 1.807) is 18.2 Å². The molecule has 0 radical (unpaired) electrons. The first-order valence-electron chi connectivity index (χ1n) is 9.80. The molecule has 160 valence electrons. The van der Waals surface area contributed by atoms with E-state index in [0.29, 0.717) is 23.4 Å². The molecular weight excluding hydrogens is 535 g/mol. The van der Waals surface area contributed by atoms with Crippen LogP contribution in [0.5, 0.6) is 0 Å². The molecule has 2 N–H and O–H groups in total. The lowest BCUT2D eigenvalue weighted by Crippen LogP contribution is -2.32. The Morgan fingerprint density at radius 3 is 2.63 bits per heavy atom. The third-order valence-electron chi connectivity index (χ3n) is 5.03. The van der Waals surface area contributed by atoms with Gasteiger partial charge in [-0.1, -0.05) is 37.4 Å². The number of amides is 1. The van der Waals surface area contributed by atoms with Crippen molar-refractivity contribution in [2.45, 2.75) is 39.5 Å². The molecule has 0 spiro atoms. The van der Waals surface area contributed by atoms with Crippen LogP contribution in [0.2, 0.25) is 5.02 Å². The van der Waals surface area contributed by atoms with Gasteiger partial charge >= 0.3 is 0 Å². The Hall–Kier alpha value is -1.58. The number of hydrogen-bond donors (Lipinski definition) is 2. The lowest BCUT2D eigenvalue weighted by molar-refractivity contribution is 0.0981. The lowest BCUT2D eigenvalue weighted by Gasteiger charge is -2.08. The minimum Gasteiger partial charge on any atom is -0.358 e. The van der Waals surface area contributed by atoms with E-state index in [0.717, 1.165) is 44.1 Å². The van der Waals surface area contributed by atoms with Crippen molar-refractivity contribution in [3.05, 3.63) is 67.4 Å². The lowest BCUT2D eigenvalue weighted by atomic mass is 10.0. The molecule has 0 saturated carbocycles. The van der Waals surface area contributed by atoms with Gasteiger partial charge in [0, 0.05) is 37.2 Å². The van der Waals surface area contributed by atoms with Crippen LogP contribution >= 0.6 is 34.2 Å². The molecule has 1 amide bonds. The van der Waals surface area contributed by atoms with Gasteiger partial charge in [-0.25, -0.2) is 13.1 Å². The van der Waals surface area contributed by atoms with Gasteiger partial charge in [-0.05, 0) is 77.4 Å². The monoisotopic (exact) mass is 558 g/mol. The number of hydrogen-bond acceptors (Lipinski definition) is 3. The molecular formula is C22H24ClIN2O3S. The van der Waals surface area contributed by atoms with Crippen molar-refractivity contribution in [2.75, 3.05) is 5.75 Å². The Bertz CT molecular complexity index is 1190. The average molecular weight is 559 g/mol. The van der Waals surface area contributed by atoms with Crippen molar-refractivity contribution in [1.29, 1.82) is 0 Å². The van der Waals surface area contributed by atoms with E-state index in [9.17, 15) is 13.2 Å². The predicted octanol–water partition coefficient (Wildman–Crippen LogP) is 5.57. The summed E-state index contributed by atoms with van der Waals surface area (Å²) < 4.78 is 27.6. The molecule has 0 fully saturated rings. The van der Waals surface area contributed by atoms with E-state index in [1.807, 2.05) is 32.0 Å². The van der Waals surface area contributed by atoms with Crippen molar-refractivity contribution in [1.82, 2.24) is 9.71 Å². The summed E-state index contributed by atoms with van der Waals surface area (Å²) in [4.78, 5) is 15.9. The van der Waals surface area contributed by atoms with Gasteiger partial charge < -0.3 is 4.98 Å². The maximum atomic E-state index is 12.6. The smallest absolute Gasteiger partial charge is 0.264 e. The van der Waals surface area contributed by atoms with Gasteiger partial charge in [0.05, 0.1) is 5.75 Å². The molecule has 0 aliphatic heterocycles. The highest BCUT2D eigenvalue weighted by Crippen LogP contribution is 2.29. The number of sulfonamides is 1. The van der Waals surface area contributed by atoms with Crippen LogP contribution in [-0.4, -0.2) is 25.1 Å². The fraction of sp³-hybridized carbons (Fsp3) is 0.318. The van der Waals surface area contributed by atoms with Crippen molar-refractivity contribution >= 4 is 61.0 Å². The fourth-order valence-corrected chi connectivity index (χ4v) is 5.41. The summed E-state index contributed by atoms with van der Waals surface area (Å²) in [7, 11) is -3.64. The maximum absolute atomic E-state index is 12.6. The molecule has 5 nitrogen and oxygen atoms in total. The highest BCUT2D eigenvalue weighted by molar-refractivity contribution is 14.1. The minimum absolute atomic E-state index is 0.0470. The normalized spacial score (nSPS) is 11.7. The molecule has 1 heterocycles. The summed E-state index contributed by atoms with van der Waals surface area (Å²) in [5, 5.41) is 1.58. The summed E-state index contributed by atoms with van der Waals surface area (Å²) in [6.45, 7) is 3.98. The summed E-state index contributed by atoms with van der Waals surface area (Å²) >= 11 is 8.63. The number of rotatable bonds is 8. The number of nitrogens with one attached hydrogen (secondary N) is 2. The SMILES string of the molecule is CCCCCS(=O)(=O)NC(=O)c1ccc2[nH]c(C)c(Cc3ccc(I)cc3Cl)c2c1. The quantitative estimate of drug-likeness (QED) is 0.280. The maximum Gasteiger partial charge on any atom is 0.264 e. The predicted molar refractivity (Wildman–Crippen MR) is 131 cm³/mol. The summed E-state index contributed by atoms with van der Waals surface area (Å²) in [5.41, 5.74) is 4.23. The number of aromatic amines is 1. The van der Waals surface area contributed by atoms with Gasteiger partial charge in [-0.15, -0.1) is 0 Å². The first-order chi connectivity index (χ1) is 14.2. The Balaban J connectivity index is 1.88. The van der Waals surface area contributed by atoms with E-state index < -0.39 is 15.9 Å². The van der Waals surface area contributed by atoms with E-state index in [1.165, 1.54) is 0 Å². The second kappa shape index (κ2) is 9.70. The molecule has 0 bridgehead atoms. The number of carbonyl (C=O) groups is 1. The number of aromatic nitrogens is 1. The van der Waals surface area contributed by atoms with Gasteiger partial charge in [-0.3, -0.25) is 4.79 Å². The third kappa shape index (κ3) is 5.56. The summed E-state index contributed by atoms with van der Waals surface area (Å²) in [6, 6.07) is 11.1. The largest absolute Gasteiger partial charge is 0.358 e. The molecule has 0 aliphatic rings. The standard InChI is InChI=1S/C22H24ClIN2O3S/c1-3-4-5-10-30(28,29)26-22(27)16-7-9-21-19(12-16)18(14(2)25-21)11-15-6-8-17(24)13-20(15)23/h6-9,12-13,25H,3-5,10-11H2,1-2H3,(H,26,27). The van der Waals surface area contributed by atoms with Crippen LogP contribution in [-0.2, 0) is 16.4 Å². The van der Waals surface area contributed by atoms with E-state index in [-0.39, 0.29) is 5.75 Å². The van der Waals surface area contributed by atoms with Crippen molar-refractivity contribution in [3.63, 3.8) is 0 Å². The first-order valence-corrected chi connectivity index (χ1v) is 12.9. The molecule has 2 aromatic carbocycles. The number of benzene rings is 2. The topological polar surface area (TPSA) is 79.0 Å². The first kappa shape index (κ1) is 23.1. The van der Waals surface area contributed by atoms with Crippen LogP contribution in [0.3, 0.4) is 0 Å². The van der Waals surface area contributed by atoms with Crippen LogP contribution in [0.15, 0.2) is 36.4 Å². The van der Waals surface area contributed by atoms with E-state index in [4.69, 9.17) is 11.6 Å². The van der Waals surface area contributed by atoms with E-state index in [2.05, 4.69) is 32.3 Å². The zero-order valence-corrected chi connectivity index (χ0v) is 20.6. The van der Waals surface area contributed by atoms with Crippen molar-refractivity contribution < 1.29 is 13.2 Å². The van der Waals surface area contributed by atoms with Gasteiger partial charge in [0.1, 0.15) is 0 Å². The number of halogens is 2.